The quantitative estimate of drug-likeness (QED) is 0.684. The Morgan fingerprint density at radius 3 is 2.61 bits per heavy atom. The predicted molar refractivity (Wildman–Crippen MR) is 121 cm³/mol. The number of allylic oxidation sites excluding steroid dienone is 1. The smallest absolute Gasteiger partial charge is 0.229 e. The molecule has 0 saturated carbocycles. The normalized spacial score (nSPS) is 19.1. The van der Waals surface area contributed by atoms with Crippen LogP contribution in [0.15, 0.2) is 59.1 Å². The zero-order valence-corrected chi connectivity index (χ0v) is 18.5. The van der Waals surface area contributed by atoms with E-state index in [2.05, 4.69) is 23.1 Å². The lowest BCUT2D eigenvalue weighted by molar-refractivity contribution is -0.131. The Morgan fingerprint density at radius 2 is 1.90 bits per heavy atom. The van der Waals surface area contributed by atoms with Gasteiger partial charge in [0.1, 0.15) is 0 Å². The first-order chi connectivity index (χ1) is 15.1. The summed E-state index contributed by atoms with van der Waals surface area (Å²) in [4.78, 5) is 17.1. The number of hydrogen-bond donors (Lipinski definition) is 0. The molecule has 2 aliphatic rings. The minimum Gasteiger partial charge on any atom is -0.493 e. The number of ether oxygens (including phenoxy) is 2. The molecule has 4 rings (SSSR count). The van der Waals surface area contributed by atoms with Crippen molar-refractivity contribution in [1.82, 2.24) is 9.80 Å². The number of carbonyl (C=O) groups is 1. The second kappa shape index (κ2) is 9.46. The van der Waals surface area contributed by atoms with Crippen molar-refractivity contribution in [2.24, 2.45) is 0 Å². The predicted octanol–water partition coefficient (Wildman–Crippen LogP) is 3.96. The van der Waals surface area contributed by atoms with Gasteiger partial charge in [-0.15, -0.1) is 0 Å². The average Bonchev–Trinajstić information content (AvgIpc) is 2.83. The molecule has 1 saturated heterocycles. The van der Waals surface area contributed by atoms with Crippen molar-refractivity contribution in [2.75, 3.05) is 33.3 Å². The minimum absolute atomic E-state index is 0.0469. The van der Waals surface area contributed by atoms with Crippen LogP contribution >= 0.6 is 11.8 Å². The zero-order chi connectivity index (χ0) is 21.8. The molecule has 2 heterocycles. The molecule has 2 aromatic rings. The fourth-order valence-corrected chi connectivity index (χ4v) is 5.21. The van der Waals surface area contributed by atoms with Crippen LogP contribution in [0.3, 0.4) is 0 Å². The fourth-order valence-electron chi connectivity index (χ4n) is 4.03. The Bertz CT molecular complexity index is 1030. The van der Waals surface area contributed by atoms with Crippen molar-refractivity contribution in [3.8, 4) is 17.6 Å². The van der Waals surface area contributed by atoms with E-state index in [4.69, 9.17) is 9.47 Å². The highest BCUT2D eigenvalue weighted by atomic mass is 32.2. The molecule has 1 unspecified atom stereocenters. The summed E-state index contributed by atoms with van der Waals surface area (Å²) in [6.07, 6.45) is 1.21. The molecule has 1 fully saturated rings. The summed E-state index contributed by atoms with van der Waals surface area (Å²) in [5, 5.41) is 10.8. The van der Waals surface area contributed by atoms with Crippen LogP contribution in [-0.2, 0) is 11.2 Å². The van der Waals surface area contributed by atoms with Gasteiger partial charge in [0.25, 0.3) is 0 Å². The summed E-state index contributed by atoms with van der Waals surface area (Å²) < 4.78 is 10.7. The van der Waals surface area contributed by atoms with Crippen LogP contribution in [0.1, 0.15) is 23.5 Å². The number of fused-ring (bicyclic) bond motifs is 1. The van der Waals surface area contributed by atoms with Crippen LogP contribution < -0.4 is 9.47 Å². The van der Waals surface area contributed by atoms with Gasteiger partial charge in [-0.3, -0.25) is 14.6 Å². The van der Waals surface area contributed by atoms with Crippen molar-refractivity contribution >= 4 is 17.7 Å². The van der Waals surface area contributed by atoms with E-state index in [1.165, 1.54) is 5.56 Å². The monoisotopic (exact) mass is 435 g/mol. The summed E-state index contributed by atoms with van der Waals surface area (Å²) in [5.74, 6) is 1.76. The maximum absolute atomic E-state index is 13.1. The van der Waals surface area contributed by atoms with Crippen molar-refractivity contribution in [3.05, 3.63) is 70.3 Å². The van der Waals surface area contributed by atoms with Gasteiger partial charge in [0, 0.05) is 18.9 Å². The number of nitriles is 1. The third-order valence-corrected chi connectivity index (χ3v) is 6.93. The van der Waals surface area contributed by atoms with E-state index in [9.17, 15) is 10.1 Å². The van der Waals surface area contributed by atoms with Crippen molar-refractivity contribution in [2.45, 2.75) is 18.8 Å². The van der Waals surface area contributed by atoms with Gasteiger partial charge in [-0.2, -0.15) is 5.26 Å². The van der Waals surface area contributed by atoms with Crippen LogP contribution in [0.4, 0.5) is 0 Å². The Balaban J connectivity index is 1.54. The highest BCUT2D eigenvalue weighted by molar-refractivity contribution is 8.03. The first kappa shape index (κ1) is 21.3. The SMILES string of the molecule is COc1ccc(C2CC(=O)N3CN(CCc4ccccc4)CSC3=C2C#N)cc1OC. The van der Waals surface area contributed by atoms with Crippen LogP contribution in [0.25, 0.3) is 0 Å². The van der Waals surface area contributed by atoms with Gasteiger partial charge in [-0.25, -0.2) is 0 Å². The van der Waals surface area contributed by atoms with E-state index in [-0.39, 0.29) is 18.2 Å². The van der Waals surface area contributed by atoms with Gasteiger partial charge >= 0.3 is 0 Å². The molecule has 2 aromatic carbocycles. The molecule has 7 heteroatoms. The highest BCUT2D eigenvalue weighted by Crippen LogP contribution is 2.44. The molecular formula is C24H25N3O3S. The maximum atomic E-state index is 13.1. The molecule has 160 valence electrons. The third kappa shape index (κ3) is 4.41. The van der Waals surface area contributed by atoms with Gasteiger partial charge < -0.3 is 9.47 Å². The second-order valence-corrected chi connectivity index (χ2v) is 8.50. The third-order valence-electron chi connectivity index (χ3n) is 5.72. The van der Waals surface area contributed by atoms with Crippen LogP contribution in [-0.4, -0.2) is 49.0 Å². The first-order valence-corrected chi connectivity index (χ1v) is 11.2. The molecule has 0 spiro atoms. The molecule has 1 atom stereocenters. The first-order valence-electron chi connectivity index (χ1n) is 10.2. The van der Waals surface area contributed by atoms with E-state index < -0.39 is 0 Å². The molecular weight excluding hydrogens is 410 g/mol. The number of nitrogens with zero attached hydrogens (tertiary/aromatic N) is 3. The lowest BCUT2D eigenvalue weighted by Gasteiger charge is -2.41. The number of methoxy groups -OCH3 is 2. The Hall–Kier alpha value is -2.95. The average molecular weight is 436 g/mol. The van der Waals surface area contributed by atoms with Gasteiger partial charge in [-0.05, 0) is 29.7 Å². The fraction of sp³-hybridized carbons (Fsp3) is 0.333. The van der Waals surface area contributed by atoms with Gasteiger partial charge in [0.05, 0.1) is 43.4 Å². The topological polar surface area (TPSA) is 65.8 Å². The zero-order valence-electron chi connectivity index (χ0n) is 17.7. The van der Waals surface area contributed by atoms with Crippen molar-refractivity contribution in [3.63, 3.8) is 0 Å². The molecule has 1 amide bonds. The largest absolute Gasteiger partial charge is 0.493 e. The van der Waals surface area contributed by atoms with E-state index in [0.717, 1.165) is 29.4 Å². The van der Waals surface area contributed by atoms with E-state index in [1.54, 1.807) is 30.9 Å². The maximum Gasteiger partial charge on any atom is 0.229 e. The number of amides is 1. The molecule has 0 bridgehead atoms. The second-order valence-electron chi connectivity index (χ2n) is 7.57. The molecule has 0 N–H and O–H groups in total. The lowest BCUT2D eigenvalue weighted by Crippen LogP contribution is -2.47. The molecule has 0 aromatic heterocycles. The summed E-state index contributed by atoms with van der Waals surface area (Å²) in [6, 6.07) is 18.3. The van der Waals surface area contributed by atoms with E-state index >= 15 is 0 Å². The van der Waals surface area contributed by atoms with Crippen LogP contribution in [0.2, 0.25) is 0 Å². The number of hydrogen-bond acceptors (Lipinski definition) is 6. The minimum atomic E-state index is -0.271. The number of benzene rings is 2. The molecule has 31 heavy (non-hydrogen) atoms. The molecule has 2 aliphatic heterocycles. The van der Waals surface area contributed by atoms with Crippen molar-refractivity contribution in [1.29, 1.82) is 5.26 Å². The summed E-state index contributed by atoms with van der Waals surface area (Å²) in [5.41, 5.74) is 2.83. The Labute approximate surface area is 187 Å². The number of thioether (sulfide) groups is 1. The highest BCUT2D eigenvalue weighted by Gasteiger charge is 2.38. The van der Waals surface area contributed by atoms with E-state index in [1.807, 2.05) is 36.4 Å². The number of carbonyl (C=O) groups excluding carboxylic acids is 1. The molecule has 6 nitrogen and oxygen atoms in total. The number of rotatable bonds is 6. The standard InChI is InChI=1S/C24H25N3O3S/c1-29-21-9-8-18(12-22(21)30-2)19-13-23(28)27-15-26(16-31-24(27)20(19)14-25)11-10-17-6-4-3-5-7-17/h3-9,12,19H,10-11,13,15-16H2,1-2H3. The van der Waals surface area contributed by atoms with Gasteiger partial charge in [0.2, 0.25) is 5.91 Å². The van der Waals surface area contributed by atoms with Crippen LogP contribution in [0, 0.1) is 11.3 Å². The Kier molecular flexibility index (Phi) is 6.50. The molecule has 0 radical (unpaired) electrons. The van der Waals surface area contributed by atoms with Gasteiger partial charge in [-0.1, -0.05) is 48.2 Å². The molecule has 0 aliphatic carbocycles. The summed E-state index contributed by atoms with van der Waals surface area (Å²) in [7, 11) is 3.17. The van der Waals surface area contributed by atoms with Gasteiger partial charge in [0.15, 0.2) is 11.5 Å². The lowest BCUT2D eigenvalue weighted by atomic mass is 9.86. The van der Waals surface area contributed by atoms with Crippen LogP contribution in [0.5, 0.6) is 11.5 Å². The van der Waals surface area contributed by atoms with Crippen molar-refractivity contribution < 1.29 is 14.3 Å². The van der Waals surface area contributed by atoms with E-state index in [0.29, 0.717) is 23.7 Å². The summed E-state index contributed by atoms with van der Waals surface area (Å²) >= 11 is 1.58. The Morgan fingerprint density at radius 1 is 1.13 bits per heavy atom. The summed E-state index contributed by atoms with van der Waals surface area (Å²) in [6.45, 7) is 1.40.